The maximum Gasteiger partial charge on any atom is 0.338 e. The van der Waals surface area contributed by atoms with Crippen molar-refractivity contribution >= 4 is 46.6 Å². The fourth-order valence-electron chi connectivity index (χ4n) is 4.14. The largest absolute Gasteiger partial charge is 0.463 e. The fraction of sp³-hybridized carbons (Fsp3) is 0.148. The number of carbonyl (C=O) groups is 1. The van der Waals surface area contributed by atoms with Crippen molar-refractivity contribution in [1.82, 2.24) is 4.57 Å². The van der Waals surface area contributed by atoms with Crippen LogP contribution in [0.25, 0.3) is 17.4 Å². The number of aromatic nitrogens is 1. The Kier molecular flexibility index (Phi) is 6.71. The van der Waals surface area contributed by atoms with Crippen LogP contribution >= 0.6 is 34.5 Å². The van der Waals surface area contributed by atoms with E-state index >= 15 is 0 Å². The number of ether oxygens (including phenoxy) is 1. The molecule has 2 aromatic heterocycles. The summed E-state index contributed by atoms with van der Waals surface area (Å²) in [5.74, 6) is 0.604. The number of carbonyl (C=O) groups excluding carboxylic acids is 1. The zero-order chi connectivity index (χ0) is 25.4. The number of hydrogen-bond acceptors (Lipinski definition) is 6. The van der Waals surface area contributed by atoms with Gasteiger partial charge in [0.05, 0.1) is 22.4 Å². The second-order valence-corrected chi connectivity index (χ2v) is 9.89. The lowest BCUT2D eigenvalue weighted by molar-refractivity contribution is -0.139. The number of fused-ring (bicyclic) bond motifs is 1. The number of esters is 1. The second kappa shape index (κ2) is 9.93. The standard InChI is InChI=1S/C27H20Cl2N2O4S/c1-3-34-26(33)23-15(2)30-27-31(24(23)19-9-4-5-10-20(19)29)25(32)22(36-27)14-18-11-12-21(35-18)16-7-6-8-17(28)13-16/h4-14,24H,3H2,1-2H3/b22-14-. The lowest BCUT2D eigenvalue weighted by atomic mass is 9.96. The first kappa shape index (κ1) is 24.3. The number of rotatable bonds is 5. The second-order valence-electron chi connectivity index (χ2n) is 8.04. The first-order chi connectivity index (χ1) is 17.4. The van der Waals surface area contributed by atoms with E-state index < -0.39 is 12.0 Å². The third-order valence-electron chi connectivity index (χ3n) is 5.73. The number of hydrogen-bond donors (Lipinski definition) is 0. The first-order valence-corrected chi connectivity index (χ1v) is 12.7. The van der Waals surface area contributed by atoms with Gasteiger partial charge in [0.2, 0.25) is 0 Å². The van der Waals surface area contributed by atoms with Gasteiger partial charge in [-0.15, -0.1) is 0 Å². The van der Waals surface area contributed by atoms with Gasteiger partial charge in [0.15, 0.2) is 4.80 Å². The van der Waals surface area contributed by atoms with Crippen molar-refractivity contribution in [2.45, 2.75) is 19.9 Å². The Labute approximate surface area is 220 Å². The summed E-state index contributed by atoms with van der Waals surface area (Å²) in [5.41, 5.74) is 1.90. The third kappa shape index (κ3) is 4.46. The van der Waals surface area contributed by atoms with Crippen molar-refractivity contribution in [2.24, 2.45) is 4.99 Å². The van der Waals surface area contributed by atoms with Gasteiger partial charge in [-0.25, -0.2) is 9.79 Å². The molecule has 1 unspecified atom stereocenters. The molecule has 36 heavy (non-hydrogen) atoms. The monoisotopic (exact) mass is 538 g/mol. The smallest absolute Gasteiger partial charge is 0.338 e. The molecule has 6 nitrogen and oxygen atoms in total. The maximum atomic E-state index is 13.7. The summed E-state index contributed by atoms with van der Waals surface area (Å²) in [7, 11) is 0. The predicted octanol–water partition coefficient (Wildman–Crippen LogP) is 5.37. The van der Waals surface area contributed by atoms with Gasteiger partial charge in [-0.05, 0) is 49.7 Å². The highest BCUT2D eigenvalue weighted by Gasteiger charge is 2.34. The SMILES string of the molecule is CCOC(=O)C1=C(C)N=c2s/c(=C\c3ccc(-c4cccc(Cl)c4)o3)c(=O)n2C1c1ccccc1Cl. The van der Waals surface area contributed by atoms with E-state index in [0.717, 1.165) is 5.56 Å². The van der Waals surface area contributed by atoms with Gasteiger partial charge in [-0.1, -0.05) is 64.9 Å². The minimum Gasteiger partial charge on any atom is -0.463 e. The van der Waals surface area contributed by atoms with Crippen LogP contribution in [0.1, 0.15) is 31.2 Å². The molecule has 0 saturated carbocycles. The molecular formula is C27H20Cl2N2O4S. The van der Waals surface area contributed by atoms with Gasteiger partial charge in [-0.3, -0.25) is 9.36 Å². The molecule has 5 rings (SSSR count). The Morgan fingerprint density at radius 1 is 1.17 bits per heavy atom. The molecule has 182 valence electrons. The van der Waals surface area contributed by atoms with Crippen LogP contribution in [0.2, 0.25) is 10.0 Å². The molecule has 3 heterocycles. The third-order valence-corrected chi connectivity index (χ3v) is 7.29. The van der Waals surface area contributed by atoms with Crippen LogP contribution in [-0.2, 0) is 9.53 Å². The normalized spacial score (nSPS) is 15.6. The van der Waals surface area contributed by atoms with Crippen molar-refractivity contribution in [2.75, 3.05) is 6.61 Å². The number of thiazole rings is 1. The fourth-order valence-corrected chi connectivity index (χ4v) is 5.60. The number of furan rings is 1. The van der Waals surface area contributed by atoms with Gasteiger partial charge in [0.25, 0.3) is 5.56 Å². The molecule has 4 aromatic rings. The number of allylic oxidation sites excluding steroid dienone is 1. The Balaban J connectivity index is 1.66. The van der Waals surface area contributed by atoms with E-state index in [1.807, 2.05) is 24.3 Å². The van der Waals surface area contributed by atoms with Crippen molar-refractivity contribution in [3.05, 3.63) is 113 Å². The summed E-state index contributed by atoms with van der Waals surface area (Å²) >= 11 is 13.8. The molecule has 0 saturated heterocycles. The highest BCUT2D eigenvalue weighted by atomic mass is 35.5. The van der Waals surface area contributed by atoms with E-state index in [0.29, 0.717) is 42.2 Å². The van der Waals surface area contributed by atoms with Gasteiger partial charge in [-0.2, -0.15) is 0 Å². The molecule has 1 atom stereocenters. The molecule has 1 aliphatic rings. The summed E-state index contributed by atoms with van der Waals surface area (Å²) < 4.78 is 13.2. The summed E-state index contributed by atoms with van der Waals surface area (Å²) in [4.78, 5) is 31.7. The molecule has 1 aliphatic heterocycles. The number of nitrogens with zero attached hydrogens (tertiary/aromatic N) is 2. The lowest BCUT2D eigenvalue weighted by Crippen LogP contribution is -2.40. The maximum absolute atomic E-state index is 13.7. The Bertz CT molecular complexity index is 1700. The molecular weight excluding hydrogens is 519 g/mol. The highest BCUT2D eigenvalue weighted by Crippen LogP contribution is 2.34. The van der Waals surface area contributed by atoms with Crippen molar-refractivity contribution in [3.63, 3.8) is 0 Å². The van der Waals surface area contributed by atoms with Crippen LogP contribution in [0.15, 0.2) is 86.1 Å². The van der Waals surface area contributed by atoms with Crippen LogP contribution in [0.5, 0.6) is 0 Å². The summed E-state index contributed by atoms with van der Waals surface area (Å²) in [6.45, 7) is 3.66. The van der Waals surface area contributed by atoms with Crippen LogP contribution in [-0.4, -0.2) is 17.1 Å². The summed E-state index contributed by atoms with van der Waals surface area (Å²) in [6, 6.07) is 17.3. The van der Waals surface area contributed by atoms with Crippen LogP contribution in [0.4, 0.5) is 0 Å². The van der Waals surface area contributed by atoms with Crippen molar-refractivity contribution < 1.29 is 13.9 Å². The van der Waals surface area contributed by atoms with E-state index in [2.05, 4.69) is 4.99 Å². The average molecular weight is 539 g/mol. The molecule has 0 spiro atoms. The van der Waals surface area contributed by atoms with Crippen LogP contribution in [0, 0.1) is 0 Å². The minimum atomic E-state index is -0.769. The zero-order valence-corrected chi connectivity index (χ0v) is 21.7. The summed E-state index contributed by atoms with van der Waals surface area (Å²) in [6.07, 6.45) is 1.67. The van der Waals surface area contributed by atoms with E-state index in [1.165, 1.54) is 15.9 Å². The van der Waals surface area contributed by atoms with Crippen molar-refractivity contribution in [1.29, 1.82) is 0 Å². The minimum absolute atomic E-state index is 0.197. The van der Waals surface area contributed by atoms with Crippen LogP contribution in [0.3, 0.4) is 0 Å². The molecule has 0 radical (unpaired) electrons. The van der Waals surface area contributed by atoms with Gasteiger partial charge >= 0.3 is 5.97 Å². The average Bonchev–Trinajstić information content (AvgIpc) is 3.43. The van der Waals surface area contributed by atoms with E-state index in [1.54, 1.807) is 56.3 Å². The predicted molar refractivity (Wildman–Crippen MR) is 141 cm³/mol. The molecule has 0 fully saturated rings. The molecule has 0 amide bonds. The topological polar surface area (TPSA) is 73.8 Å². The molecule has 0 bridgehead atoms. The molecule has 0 aliphatic carbocycles. The Hall–Kier alpha value is -3.39. The number of benzene rings is 2. The molecule has 0 N–H and O–H groups in total. The van der Waals surface area contributed by atoms with E-state index in [-0.39, 0.29) is 17.7 Å². The Morgan fingerprint density at radius 3 is 2.72 bits per heavy atom. The molecule has 9 heteroatoms. The van der Waals surface area contributed by atoms with Gasteiger partial charge in [0, 0.05) is 21.7 Å². The van der Waals surface area contributed by atoms with E-state index in [4.69, 9.17) is 32.4 Å². The lowest BCUT2D eigenvalue weighted by Gasteiger charge is -2.25. The zero-order valence-electron chi connectivity index (χ0n) is 19.3. The van der Waals surface area contributed by atoms with Gasteiger partial charge < -0.3 is 9.15 Å². The quantitative estimate of drug-likeness (QED) is 0.320. The summed E-state index contributed by atoms with van der Waals surface area (Å²) in [5, 5.41) is 1.04. The number of halogens is 2. The van der Waals surface area contributed by atoms with Gasteiger partial charge in [0.1, 0.15) is 17.6 Å². The Morgan fingerprint density at radius 2 is 1.97 bits per heavy atom. The van der Waals surface area contributed by atoms with Crippen molar-refractivity contribution in [3.8, 4) is 11.3 Å². The van der Waals surface area contributed by atoms with Crippen LogP contribution < -0.4 is 14.9 Å². The van der Waals surface area contributed by atoms with E-state index in [9.17, 15) is 9.59 Å². The molecule has 2 aromatic carbocycles. The highest BCUT2D eigenvalue weighted by molar-refractivity contribution is 7.07. The first-order valence-electron chi connectivity index (χ1n) is 11.2.